The van der Waals surface area contributed by atoms with E-state index in [4.69, 9.17) is 9.57 Å². The normalized spacial score (nSPS) is 10.1. The highest BCUT2D eigenvalue weighted by Crippen LogP contribution is 2.28. The number of amides is 1. The van der Waals surface area contributed by atoms with Gasteiger partial charge in [-0.25, -0.2) is 14.9 Å². The van der Waals surface area contributed by atoms with E-state index in [1.807, 2.05) is 13.8 Å². The van der Waals surface area contributed by atoms with Crippen LogP contribution in [0.15, 0.2) is 55.8 Å². The lowest BCUT2D eigenvalue weighted by Gasteiger charge is -2.15. The molecule has 1 amide bonds. The predicted molar refractivity (Wildman–Crippen MR) is 111 cm³/mol. The molecule has 1 aromatic carbocycles. The van der Waals surface area contributed by atoms with Crippen LogP contribution in [0, 0.1) is 12.7 Å². The van der Waals surface area contributed by atoms with E-state index in [0.29, 0.717) is 11.2 Å². The second-order valence-electron chi connectivity index (χ2n) is 5.72. The molecule has 29 heavy (non-hydrogen) atoms. The first-order valence-electron chi connectivity index (χ1n) is 9.22. The summed E-state index contributed by atoms with van der Waals surface area (Å²) in [6.45, 7) is 9.63. The Balaban J connectivity index is 0.00000145. The molecule has 0 atom stereocenters. The van der Waals surface area contributed by atoms with E-state index in [-0.39, 0.29) is 24.5 Å². The van der Waals surface area contributed by atoms with Crippen LogP contribution in [0.1, 0.15) is 29.8 Å². The number of carbonyl (C=O) groups excluding carboxylic acids is 1. The van der Waals surface area contributed by atoms with Crippen molar-refractivity contribution < 1.29 is 18.8 Å². The number of halogens is 1. The summed E-state index contributed by atoms with van der Waals surface area (Å²) in [4.78, 5) is 21.7. The minimum atomic E-state index is -0.479. The van der Waals surface area contributed by atoms with Gasteiger partial charge in [-0.2, -0.15) is 0 Å². The third kappa shape index (κ3) is 5.55. The maximum absolute atomic E-state index is 14.3. The first-order valence-corrected chi connectivity index (χ1v) is 9.22. The van der Waals surface area contributed by atoms with Gasteiger partial charge in [-0.05, 0) is 30.7 Å². The number of anilines is 2. The van der Waals surface area contributed by atoms with Gasteiger partial charge in [0.2, 0.25) is 0 Å². The van der Waals surface area contributed by atoms with Crippen molar-refractivity contribution in [3.8, 4) is 0 Å². The molecule has 8 heteroatoms. The Morgan fingerprint density at radius 2 is 2.10 bits per heavy atom. The third-order valence-corrected chi connectivity index (χ3v) is 3.81. The first-order chi connectivity index (χ1) is 14.1. The lowest BCUT2D eigenvalue weighted by Crippen LogP contribution is -2.26. The number of carbonyl (C=O) groups is 1. The molecule has 0 fully saturated rings. The van der Waals surface area contributed by atoms with Crippen molar-refractivity contribution in [3.05, 3.63) is 72.8 Å². The lowest BCUT2D eigenvalue weighted by molar-refractivity contribution is 0.0145. The summed E-state index contributed by atoms with van der Waals surface area (Å²) in [6, 6.07) is 6.42. The maximum atomic E-state index is 14.3. The Hall–Kier alpha value is -3.39. The van der Waals surface area contributed by atoms with Crippen molar-refractivity contribution in [1.82, 2.24) is 14.9 Å². The minimum absolute atomic E-state index is 0.155. The molecule has 0 aliphatic heterocycles. The fourth-order valence-corrected chi connectivity index (χ4v) is 2.51. The fourth-order valence-electron chi connectivity index (χ4n) is 2.51. The second-order valence-corrected chi connectivity index (χ2v) is 5.72. The zero-order valence-electron chi connectivity index (χ0n) is 16.7. The Kier molecular flexibility index (Phi) is 8.17. The van der Waals surface area contributed by atoms with Gasteiger partial charge < -0.3 is 14.5 Å². The molecule has 0 spiro atoms. The van der Waals surface area contributed by atoms with Crippen LogP contribution in [0.2, 0.25) is 0 Å². The van der Waals surface area contributed by atoms with Gasteiger partial charge in [-0.1, -0.05) is 26.5 Å². The summed E-state index contributed by atoms with van der Waals surface area (Å²) in [5.74, 6) is -0.895. The molecule has 7 nitrogen and oxygen atoms in total. The molecular weight excluding hydrogens is 375 g/mol. The van der Waals surface area contributed by atoms with Gasteiger partial charge in [0.05, 0.1) is 41.2 Å². The van der Waals surface area contributed by atoms with Crippen LogP contribution in [-0.2, 0) is 9.57 Å². The number of imidazole rings is 1. The molecule has 154 valence electrons. The van der Waals surface area contributed by atoms with Gasteiger partial charge in [0.25, 0.3) is 5.91 Å². The van der Waals surface area contributed by atoms with Gasteiger partial charge in [-0.15, -0.1) is 0 Å². The largest absolute Gasteiger partial charge is 0.499 e. The van der Waals surface area contributed by atoms with E-state index in [1.165, 1.54) is 12.3 Å². The average Bonchev–Trinajstić information content (AvgIpc) is 3.20. The molecule has 0 aliphatic carbocycles. The van der Waals surface area contributed by atoms with Gasteiger partial charge in [0, 0.05) is 6.20 Å². The average molecular weight is 400 g/mol. The van der Waals surface area contributed by atoms with Gasteiger partial charge in [0.1, 0.15) is 19.0 Å². The molecule has 3 rings (SSSR count). The van der Waals surface area contributed by atoms with E-state index >= 15 is 0 Å². The second kappa shape index (κ2) is 10.8. The molecule has 2 aromatic heterocycles. The molecular formula is C21H25FN4O3. The highest BCUT2D eigenvalue weighted by molar-refractivity contribution is 6.03. The molecule has 2 N–H and O–H groups in total. The topological polar surface area (TPSA) is 76.9 Å². The highest BCUT2D eigenvalue weighted by atomic mass is 19.1. The van der Waals surface area contributed by atoms with Crippen LogP contribution in [0.4, 0.5) is 15.8 Å². The number of ether oxygens (including phenoxy) is 1. The fraction of sp³-hybridized carbons (Fsp3) is 0.238. The zero-order valence-corrected chi connectivity index (χ0v) is 16.7. The summed E-state index contributed by atoms with van der Waals surface area (Å²) in [6.07, 6.45) is 6.16. The maximum Gasteiger partial charge on any atom is 0.277 e. The van der Waals surface area contributed by atoms with Crippen molar-refractivity contribution in [1.29, 1.82) is 0 Å². The molecule has 0 bridgehead atoms. The summed E-state index contributed by atoms with van der Waals surface area (Å²) < 4.78 is 20.9. The number of hydrogen-bond donors (Lipinski definition) is 2. The lowest BCUT2D eigenvalue weighted by atomic mass is 10.1. The Morgan fingerprint density at radius 1 is 1.31 bits per heavy atom. The predicted octanol–water partition coefficient (Wildman–Crippen LogP) is 4.37. The molecule has 0 saturated heterocycles. The van der Waals surface area contributed by atoms with Crippen LogP contribution in [0.25, 0.3) is 5.52 Å². The first kappa shape index (κ1) is 21.9. The van der Waals surface area contributed by atoms with E-state index < -0.39 is 11.7 Å². The highest BCUT2D eigenvalue weighted by Gasteiger charge is 2.17. The number of benzene rings is 1. The van der Waals surface area contributed by atoms with Gasteiger partial charge in [-0.3, -0.25) is 9.63 Å². The summed E-state index contributed by atoms with van der Waals surface area (Å²) >= 11 is 0. The molecule has 3 aromatic rings. The van der Waals surface area contributed by atoms with Crippen LogP contribution >= 0.6 is 0 Å². The summed E-state index contributed by atoms with van der Waals surface area (Å²) in [5.41, 5.74) is 4.73. The molecule has 0 aliphatic rings. The number of hydroxylamine groups is 1. The van der Waals surface area contributed by atoms with Crippen molar-refractivity contribution in [3.63, 3.8) is 0 Å². The van der Waals surface area contributed by atoms with Gasteiger partial charge in [0.15, 0.2) is 0 Å². The molecule has 0 radical (unpaired) electrons. The van der Waals surface area contributed by atoms with E-state index in [0.717, 1.165) is 5.56 Å². The monoisotopic (exact) mass is 400 g/mol. The zero-order chi connectivity index (χ0) is 21.2. The van der Waals surface area contributed by atoms with Gasteiger partial charge >= 0.3 is 0 Å². The van der Waals surface area contributed by atoms with Crippen molar-refractivity contribution in [2.45, 2.75) is 20.8 Å². The molecule has 0 saturated carbocycles. The van der Waals surface area contributed by atoms with E-state index in [2.05, 4.69) is 22.4 Å². The standard InChI is InChI=1S/C19H19FN4O3.C2H6/c1-3-26-8-9-27-23-19(25)14-6-7-24-12-21-11-17(24)18(14)22-16-5-4-13(2)10-15(16)20;1-2/h3-7,10-12,22H,1,8-9H2,2H3,(H,23,25);1-2H3. The molecule has 2 heterocycles. The number of hydrogen-bond acceptors (Lipinski definition) is 5. The quantitative estimate of drug-likeness (QED) is 0.334. The Bertz CT molecular complexity index is 972. The number of pyridine rings is 1. The Labute approximate surface area is 169 Å². The SMILES string of the molecule is C=COCCONC(=O)c1ccn2cncc2c1Nc1ccc(C)cc1F.CC. The summed E-state index contributed by atoms with van der Waals surface area (Å²) in [5, 5.41) is 3.00. The number of aryl methyl sites for hydroxylation is 1. The molecule has 0 unspecified atom stereocenters. The third-order valence-electron chi connectivity index (χ3n) is 3.81. The van der Waals surface area contributed by atoms with Crippen LogP contribution in [0.5, 0.6) is 0 Å². The number of fused-ring (bicyclic) bond motifs is 1. The number of rotatable bonds is 8. The Morgan fingerprint density at radius 3 is 2.83 bits per heavy atom. The smallest absolute Gasteiger partial charge is 0.277 e. The van der Waals surface area contributed by atoms with Crippen molar-refractivity contribution in [2.24, 2.45) is 0 Å². The van der Waals surface area contributed by atoms with Crippen LogP contribution in [0.3, 0.4) is 0 Å². The number of aromatic nitrogens is 2. The number of nitrogens with one attached hydrogen (secondary N) is 2. The van der Waals surface area contributed by atoms with E-state index in [9.17, 15) is 9.18 Å². The summed E-state index contributed by atoms with van der Waals surface area (Å²) in [7, 11) is 0. The number of nitrogens with zero attached hydrogens (tertiary/aromatic N) is 2. The van der Waals surface area contributed by atoms with Crippen LogP contribution in [-0.4, -0.2) is 28.5 Å². The van der Waals surface area contributed by atoms with Crippen LogP contribution < -0.4 is 10.8 Å². The van der Waals surface area contributed by atoms with E-state index in [1.54, 1.807) is 48.2 Å². The minimum Gasteiger partial charge on any atom is -0.499 e. The van der Waals surface area contributed by atoms with Crippen molar-refractivity contribution >= 4 is 22.8 Å². The van der Waals surface area contributed by atoms with Crippen molar-refractivity contribution in [2.75, 3.05) is 18.5 Å².